The van der Waals surface area contributed by atoms with Crippen LogP contribution in [0.15, 0.2) is 0 Å². The van der Waals surface area contributed by atoms with Gasteiger partial charge in [-0.1, -0.05) is 19.8 Å². The summed E-state index contributed by atoms with van der Waals surface area (Å²) in [5.74, 6) is 0.839. The summed E-state index contributed by atoms with van der Waals surface area (Å²) in [6.45, 7) is 2.29. The van der Waals surface area contributed by atoms with Crippen molar-refractivity contribution in [3.05, 3.63) is 0 Å². The summed E-state index contributed by atoms with van der Waals surface area (Å²) in [5.41, 5.74) is 0.304. The Labute approximate surface area is 68.8 Å². The smallest absolute Gasteiger partial charge is 0.0596 e. The summed E-state index contributed by atoms with van der Waals surface area (Å²) < 4.78 is 0. The molecular formula is C10H18O. The standard InChI is InChI=1S/C10H18O/c1-10-7-3-2-4-8(10)5-6-9(10)11/h8-9,11H,2-7H2,1H3. The molecule has 0 saturated heterocycles. The Morgan fingerprint density at radius 2 is 2.00 bits per heavy atom. The Bertz CT molecular complexity index is 153. The predicted octanol–water partition coefficient (Wildman–Crippen LogP) is 2.34. The molecule has 0 aromatic rings. The van der Waals surface area contributed by atoms with E-state index >= 15 is 0 Å². The van der Waals surface area contributed by atoms with Crippen molar-refractivity contribution in [2.24, 2.45) is 11.3 Å². The third-order valence-corrected chi connectivity index (χ3v) is 4.00. The average Bonchev–Trinajstić information content (AvgIpc) is 2.29. The lowest BCUT2D eigenvalue weighted by Crippen LogP contribution is -2.34. The fourth-order valence-corrected chi connectivity index (χ4v) is 3.03. The molecule has 2 fully saturated rings. The first kappa shape index (κ1) is 7.60. The van der Waals surface area contributed by atoms with Gasteiger partial charge in [-0.05, 0) is 37.0 Å². The van der Waals surface area contributed by atoms with E-state index < -0.39 is 0 Å². The quantitative estimate of drug-likeness (QED) is 0.568. The molecule has 0 aliphatic heterocycles. The van der Waals surface area contributed by atoms with Crippen molar-refractivity contribution in [3.8, 4) is 0 Å². The summed E-state index contributed by atoms with van der Waals surface area (Å²) in [4.78, 5) is 0. The molecule has 3 atom stereocenters. The monoisotopic (exact) mass is 154 g/mol. The maximum Gasteiger partial charge on any atom is 0.0596 e. The fourth-order valence-electron chi connectivity index (χ4n) is 3.03. The molecular weight excluding hydrogens is 136 g/mol. The van der Waals surface area contributed by atoms with Crippen LogP contribution in [0, 0.1) is 11.3 Å². The van der Waals surface area contributed by atoms with Crippen LogP contribution in [0.25, 0.3) is 0 Å². The van der Waals surface area contributed by atoms with Crippen LogP contribution in [0.1, 0.15) is 45.4 Å². The maximum absolute atomic E-state index is 9.78. The van der Waals surface area contributed by atoms with Crippen molar-refractivity contribution < 1.29 is 5.11 Å². The van der Waals surface area contributed by atoms with Gasteiger partial charge in [0, 0.05) is 0 Å². The predicted molar refractivity (Wildman–Crippen MR) is 45.3 cm³/mol. The number of aliphatic hydroxyl groups is 1. The molecule has 2 aliphatic rings. The Hall–Kier alpha value is -0.0400. The van der Waals surface area contributed by atoms with Crippen molar-refractivity contribution in [3.63, 3.8) is 0 Å². The Balaban J connectivity index is 2.16. The third-order valence-electron chi connectivity index (χ3n) is 4.00. The Morgan fingerprint density at radius 3 is 2.73 bits per heavy atom. The molecule has 2 aliphatic carbocycles. The summed E-state index contributed by atoms with van der Waals surface area (Å²) in [5, 5.41) is 9.78. The summed E-state index contributed by atoms with van der Waals surface area (Å²) in [6, 6.07) is 0. The van der Waals surface area contributed by atoms with E-state index in [1.807, 2.05) is 0 Å². The minimum atomic E-state index is 0.00722. The van der Waals surface area contributed by atoms with Crippen LogP contribution in [0.5, 0.6) is 0 Å². The topological polar surface area (TPSA) is 20.2 Å². The first-order chi connectivity index (χ1) is 5.23. The maximum atomic E-state index is 9.78. The zero-order valence-corrected chi connectivity index (χ0v) is 7.34. The summed E-state index contributed by atoms with van der Waals surface area (Å²) in [6.07, 6.45) is 7.70. The molecule has 64 valence electrons. The van der Waals surface area contributed by atoms with Crippen LogP contribution >= 0.6 is 0 Å². The number of hydrogen-bond acceptors (Lipinski definition) is 1. The van der Waals surface area contributed by atoms with E-state index in [0.29, 0.717) is 5.41 Å². The molecule has 1 N–H and O–H groups in total. The highest BCUT2D eigenvalue weighted by atomic mass is 16.3. The molecule has 11 heavy (non-hydrogen) atoms. The van der Waals surface area contributed by atoms with Gasteiger partial charge in [0.15, 0.2) is 0 Å². The molecule has 0 amide bonds. The van der Waals surface area contributed by atoms with Gasteiger partial charge in [0.05, 0.1) is 6.10 Å². The molecule has 3 unspecified atom stereocenters. The third kappa shape index (κ3) is 1.01. The summed E-state index contributed by atoms with van der Waals surface area (Å²) in [7, 11) is 0. The second kappa shape index (κ2) is 2.48. The zero-order chi connectivity index (χ0) is 7.90. The van der Waals surface area contributed by atoms with Gasteiger partial charge < -0.3 is 5.11 Å². The summed E-state index contributed by atoms with van der Waals surface area (Å²) >= 11 is 0. The molecule has 2 rings (SSSR count). The minimum absolute atomic E-state index is 0.00722. The van der Waals surface area contributed by atoms with E-state index in [9.17, 15) is 5.11 Å². The van der Waals surface area contributed by atoms with E-state index in [4.69, 9.17) is 0 Å². The molecule has 0 aromatic carbocycles. The van der Waals surface area contributed by atoms with Gasteiger partial charge >= 0.3 is 0 Å². The van der Waals surface area contributed by atoms with Gasteiger partial charge in [-0.25, -0.2) is 0 Å². The van der Waals surface area contributed by atoms with Crippen LogP contribution in [0.4, 0.5) is 0 Å². The van der Waals surface area contributed by atoms with Crippen molar-refractivity contribution in [2.45, 2.75) is 51.6 Å². The van der Waals surface area contributed by atoms with Gasteiger partial charge in [-0.3, -0.25) is 0 Å². The molecule has 0 bridgehead atoms. The van der Waals surface area contributed by atoms with Crippen molar-refractivity contribution in [1.29, 1.82) is 0 Å². The lowest BCUT2D eigenvalue weighted by atomic mass is 9.69. The molecule has 1 nitrogen and oxygen atoms in total. The molecule has 0 radical (unpaired) electrons. The second-order valence-corrected chi connectivity index (χ2v) is 4.54. The van der Waals surface area contributed by atoms with Crippen LogP contribution in [0.2, 0.25) is 0 Å². The van der Waals surface area contributed by atoms with E-state index in [2.05, 4.69) is 6.92 Å². The molecule has 0 spiro atoms. The number of rotatable bonds is 0. The number of aliphatic hydroxyl groups excluding tert-OH is 1. The largest absolute Gasteiger partial charge is 0.393 e. The molecule has 0 heterocycles. The first-order valence-electron chi connectivity index (χ1n) is 4.91. The van der Waals surface area contributed by atoms with Crippen LogP contribution in [-0.4, -0.2) is 11.2 Å². The zero-order valence-electron chi connectivity index (χ0n) is 7.34. The Kier molecular flexibility index (Phi) is 1.71. The average molecular weight is 154 g/mol. The second-order valence-electron chi connectivity index (χ2n) is 4.54. The van der Waals surface area contributed by atoms with Gasteiger partial charge in [0.1, 0.15) is 0 Å². The highest BCUT2D eigenvalue weighted by molar-refractivity contribution is 4.96. The van der Waals surface area contributed by atoms with Crippen molar-refractivity contribution in [2.75, 3.05) is 0 Å². The Morgan fingerprint density at radius 1 is 1.18 bits per heavy atom. The van der Waals surface area contributed by atoms with E-state index in [1.54, 1.807) is 0 Å². The minimum Gasteiger partial charge on any atom is -0.393 e. The van der Waals surface area contributed by atoms with Gasteiger partial charge in [-0.15, -0.1) is 0 Å². The molecule has 0 aromatic heterocycles. The van der Waals surface area contributed by atoms with E-state index in [-0.39, 0.29) is 6.10 Å². The van der Waals surface area contributed by atoms with Crippen LogP contribution < -0.4 is 0 Å². The fraction of sp³-hybridized carbons (Fsp3) is 1.00. The van der Waals surface area contributed by atoms with Gasteiger partial charge in [0.25, 0.3) is 0 Å². The lowest BCUT2D eigenvalue weighted by Gasteiger charge is -2.38. The highest BCUT2D eigenvalue weighted by Crippen LogP contribution is 2.51. The van der Waals surface area contributed by atoms with Crippen molar-refractivity contribution in [1.82, 2.24) is 0 Å². The number of fused-ring (bicyclic) bond motifs is 1. The molecule has 2 saturated carbocycles. The van der Waals surface area contributed by atoms with Gasteiger partial charge in [-0.2, -0.15) is 0 Å². The molecule has 1 heteroatoms. The number of hydrogen-bond donors (Lipinski definition) is 1. The van der Waals surface area contributed by atoms with E-state index in [1.165, 1.54) is 32.1 Å². The van der Waals surface area contributed by atoms with Crippen molar-refractivity contribution >= 4 is 0 Å². The first-order valence-corrected chi connectivity index (χ1v) is 4.91. The van der Waals surface area contributed by atoms with Crippen LogP contribution in [0.3, 0.4) is 0 Å². The normalized spacial score (nSPS) is 50.7. The lowest BCUT2D eigenvalue weighted by molar-refractivity contribution is 0.0138. The highest BCUT2D eigenvalue weighted by Gasteiger charge is 2.46. The van der Waals surface area contributed by atoms with Crippen LogP contribution in [-0.2, 0) is 0 Å². The SMILES string of the molecule is CC12CCCCC1CCC2O. The van der Waals surface area contributed by atoms with E-state index in [0.717, 1.165) is 12.3 Å². The van der Waals surface area contributed by atoms with Gasteiger partial charge in [0.2, 0.25) is 0 Å².